The van der Waals surface area contributed by atoms with Crippen molar-refractivity contribution >= 4 is 23.7 Å². The molecule has 2 aliphatic carbocycles. The minimum atomic E-state index is -1.18. The fourth-order valence-corrected chi connectivity index (χ4v) is 4.85. The third-order valence-corrected chi connectivity index (χ3v) is 6.01. The molecule has 116 valence electrons. The van der Waals surface area contributed by atoms with E-state index in [1.807, 2.05) is 6.26 Å². The number of allylic oxidation sites excluding steroid dienone is 2. The van der Waals surface area contributed by atoms with Gasteiger partial charge in [-0.25, -0.2) is 0 Å². The van der Waals surface area contributed by atoms with Crippen LogP contribution in [0.5, 0.6) is 0 Å². The lowest BCUT2D eigenvalue weighted by molar-refractivity contribution is -0.158. The number of rotatable bonds is 6. The Bertz CT molecular complexity index is 494. The number of nitrogens with one attached hydrogen (secondary N) is 1. The molecule has 0 aromatic carbocycles. The summed E-state index contributed by atoms with van der Waals surface area (Å²) < 4.78 is 5.59. The first kappa shape index (κ1) is 14.9. The zero-order chi connectivity index (χ0) is 15.2. The van der Waals surface area contributed by atoms with Gasteiger partial charge in [0.1, 0.15) is 6.10 Å². The van der Waals surface area contributed by atoms with Gasteiger partial charge >= 0.3 is 11.9 Å². The molecule has 6 atom stereocenters. The molecule has 1 aliphatic heterocycles. The summed E-state index contributed by atoms with van der Waals surface area (Å²) >= 11 is 1.60. The van der Waals surface area contributed by atoms with E-state index >= 15 is 0 Å². The van der Waals surface area contributed by atoms with Crippen LogP contribution < -0.4 is 5.32 Å². The molecule has 0 aromatic rings. The van der Waals surface area contributed by atoms with Gasteiger partial charge in [0.25, 0.3) is 0 Å². The minimum absolute atomic E-state index is 0.00194. The lowest BCUT2D eigenvalue weighted by atomic mass is 9.74. The average molecular weight is 311 g/mol. The van der Waals surface area contributed by atoms with Crippen LogP contribution in [0.25, 0.3) is 0 Å². The van der Waals surface area contributed by atoms with Crippen molar-refractivity contribution in [3.05, 3.63) is 12.2 Å². The third kappa shape index (κ3) is 2.03. The maximum atomic E-state index is 12.2. The van der Waals surface area contributed by atoms with Crippen LogP contribution in [0.2, 0.25) is 0 Å². The molecular weight excluding hydrogens is 290 g/mol. The number of carboxylic acid groups (broad SMARTS) is 1. The van der Waals surface area contributed by atoms with Crippen LogP contribution in [0.4, 0.5) is 0 Å². The van der Waals surface area contributed by atoms with Crippen molar-refractivity contribution in [1.82, 2.24) is 5.32 Å². The lowest BCUT2D eigenvalue weighted by Crippen LogP contribution is -2.61. The van der Waals surface area contributed by atoms with Crippen LogP contribution in [0.15, 0.2) is 12.2 Å². The fraction of sp³-hybridized carbons (Fsp3) is 0.733. The molecule has 2 bridgehead atoms. The van der Waals surface area contributed by atoms with Crippen molar-refractivity contribution in [3.8, 4) is 0 Å². The zero-order valence-electron chi connectivity index (χ0n) is 12.2. The maximum absolute atomic E-state index is 12.2. The molecule has 1 heterocycles. The zero-order valence-corrected chi connectivity index (χ0v) is 13.1. The highest BCUT2D eigenvalue weighted by Crippen LogP contribution is 2.55. The number of cyclic esters (lactones) is 1. The Morgan fingerprint density at radius 2 is 2.24 bits per heavy atom. The summed E-state index contributed by atoms with van der Waals surface area (Å²) in [5, 5.41) is 12.8. The summed E-state index contributed by atoms with van der Waals surface area (Å²) in [7, 11) is 1.65. The predicted molar refractivity (Wildman–Crippen MR) is 80.0 cm³/mol. The molecule has 1 unspecified atom stereocenters. The van der Waals surface area contributed by atoms with Gasteiger partial charge in [-0.1, -0.05) is 12.2 Å². The van der Waals surface area contributed by atoms with Crippen molar-refractivity contribution in [2.24, 2.45) is 23.7 Å². The molecule has 6 heteroatoms. The molecule has 1 saturated heterocycles. The van der Waals surface area contributed by atoms with E-state index in [4.69, 9.17) is 4.74 Å². The Labute approximate surface area is 128 Å². The Morgan fingerprint density at radius 1 is 1.52 bits per heavy atom. The Balaban J connectivity index is 1.94. The smallest absolute Gasteiger partial charge is 0.327 e. The number of carboxylic acids is 1. The summed E-state index contributed by atoms with van der Waals surface area (Å²) in [6.45, 7) is 0. The molecule has 21 heavy (non-hydrogen) atoms. The van der Waals surface area contributed by atoms with Gasteiger partial charge in [-0.15, -0.1) is 0 Å². The topological polar surface area (TPSA) is 75.6 Å². The molecule has 0 amide bonds. The third-order valence-electron chi connectivity index (χ3n) is 5.40. The standard InChI is InChI=1S/C15H21NO4S/c1-16-15(14(18)19,5-6-21-2)12-10-8-3-4-9(7-8)11(10)13(17)20-12/h3-4,8-12,16H,5-7H2,1-2H3,(H,18,19)/t8-,9+,10-,11+,12-,15?/m0/s1. The van der Waals surface area contributed by atoms with Crippen LogP contribution >= 0.6 is 11.8 Å². The first-order valence-corrected chi connectivity index (χ1v) is 8.74. The van der Waals surface area contributed by atoms with Gasteiger partial charge in [-0.3, -0.25) is 9.59 Å². The van der Waals surface area contributed by atoms with Crippen LogP contribution in [-0.2, 0) is 14.3 Å². The van der Waals surface area contributed by atoms with Gasteiger partial charge in [-0.05, 0) is 43.7 Å². The van der Waals surface area contributed by atoms with Crippen LogP contribution in [0, 0.1) is 23.7 Å². The Hall–Kier alpha value is -1.01. The number of carbonyl (C=O) groups excluding carboxylic acids is 1. The molecule has 5 nitrogen and oxygen atoms in total. The molecule has 2 fully saturated rings. The van der Waals surface area contributed by atoms with Gasteiger partial charge in [0, 0.05) is 5.92 Å². The van der Waals surface area contributed by atoms with Crippen LogP contribution in [0.1, 0.15) is 12.8 Å². The normalized spacial score (nSPS) is 39.1. The molecule has 3 aliphatic rings. The summed E-state index contributed by atoms with van der Waals surface area (Å²) in [5.41, 5.74) is -1.18. The SMILES string of the molecule is CNC(CCSC)(C(=O)O)[C@H]1OC(=O)[C@H]2[C@@H]1[C@H]1C=C[C@@H]2C1. The largest absolute Gasteiger partial charge is 0.480 e. The van der Waals surface area contributed by atoms with E-state index in [9.17, 15) is 14.7 Å². The number of hydrogen-bond acceptors (Lipinski definition) is 5. The van der Waals surface area contributed by atoms with Crippen molar-refractivity contribution in [2.45, 2.75) is 24.5 Å². The lowest BCUT2D eigenvalue weighted by Gasteiger charge is -2.37. The van der Waals surface area contributed by atoms with E-state index in [0.29, 0.717) is 12.2 Å². The molecule has 0 spiro atoms. The van der Waals surface area contributed by atoms with E-state index in [-0.39, 0.29) is 29.6 Å². The second-order valence-corrected chi connectivity index (χ2v) is 7.16. The fourth-order valence-electron chi connectivity index (χ4n) is 4.32. The van der Waals surface area contributed by atoms with E-state index < -0.39 is 17.6 Å². The number of carbonyl (C=O) groups is 2. The Kier molecular flexibility index (Phi) is 3.78. The quantitative estimate of drug-likeness (QED) is 0.566. The summed E-state index contributed by atoms with van der Waals surface area (Å²) in [6.07, 6.45) is 7.01. The molecule has 1 saturated carbocycles. The summed E-state index contributed by atoms with van der Waals surface area (Å²) in [6, 6.07) is 0. The van der Waals surface area contributed by atoms with E-state index in [2.05, 4.69) is 17.5 Å². The van der Waals surface area contributed by atoms with Gasteiger partial charge in [0.2, 0.25) is 0 Å². The second-order valence-electron chi connectivity index (χ2n) is 6.18. The van der Waals surface area contributed by atoms with Crippen molar-refractivity contribution in [1.29, 1.82) is 0 Å². The van der Waals surface area contributed by atoms with Gasteiger partial charge in [0.05, 0.1) is 5.92 Å². The highest BCUT2D eigenvalue weighted by molar-refractivity contribution is 7.98. The second kappa shape index (κ2) is 5.32. The van der Waals surface area contributed by atoms with Gasteiger partial charge < -0.3 is 15.2 Å². The van der Waals surface area contributed by atoms with E-state index in [0.717, 1.165) is 6.42 Å². The van der Waals surface area contributed by atoms with Crippen molar-refractivity contribution < 1.29 is 19.4 Å². The van der Waals surface area contributed by atoms with Crippen LogP contribution in [0.3, 0.4) is 0 Å². The van der Waals surface area contributed by atoms with Crippen molar-refractivity contribution in [2.75, 3.05) is 19.1 Å². The number of fused-ring (bicyclic) bond motifs is 5. The molecular formula is C15H21NO4S. The van der Waals surface area contributed by atoms with Gasteiger partial charge in [0.15, 0.2) is 5.54 Å². The molecule has 0 aromatic heterocycles. The molecule has 3 rings (SSSR count). The first-order chi connectivity index (χ1) is 10.0. The minimum Gasteiger partial charge on any atom is -0.480 e. The summed E-state index contributed by atoms with van der Waals surface area (Å²) in [4.78, 5) is 24.2. The van der Waals surface area contributed by atoms with Gasteiger partial charge in [-0.2, -0.15) is 11.8 Å². The first-order valence-electron chi connectivity index (χ1n) is 7.35. The summed E-state index contributed by atoms with van der Waals surface area (Å²) in [5.74, 6) is -0.0673. The molecule has 0 radical (unpaired) electrons. The number of ether oxygens (including phenoxy) is 1. The number of esters is 1. The average Bonchev–Trinajstić information content (AvgIpc) is 3.14. The number of hydrogen-bond donors (Lipinski definition) is 2. The highest BCUT2D eigenvalue weighted by atomic mass is 32.2. The number of aliphatic carboxylic acids is 1. The highest BCUT2D eigenvalue weighted by Gasteiger charge is 2.64. The number of likely N-dealkylation sites (N-methyl/N-ethyl adjacent to an activating group) is 1. The van der Waals surface area contributed by atoms with Crippen molar-refractivity contribution in [3.63, 3.8) is 0 Å². The Morgan fingerprint density at radius 3 is 2.86 bits per heavy atom. The van der Waals surface area contributed by atoms with Crippen LogP contribution in [-0.4, -0.2) is 47.7 Å². The monoisotopic (exact) mass is 311 g/mol. The van der Waals surface area contributed by atoms with E-state index in [1.54, 1.807) is 18.8 Å². The number of thioether (sulfide) groups is 1. The molecule has 2 N–H and O–H groups in total. The van der Waals surface area contributed by atoms with E-state index in [1.165, 1.54) is 0 Å². The predicted octanol–water partition coefficient (Wildman–Crippen LogP) is 1.15. The maximum Gasteiger partial charge on any atom is 0.327 e.